The van der Waals surface area contributed by atoms with E-state index in [-0.39, 0.29) is 18.4 Å². The van der Waals surface area contributed by atoms with E-state index < -0.39 is 5.97 Å². The Morgan fingerprint density at radius 3 is 2.61 bits per heavy atom. The minimum atomic E-state index is -0.915. The zero-order chi connectivity index (χ0) is 13.7. The number of anilines is 1. The SMILES string of the molecule is CCN(C(=O)c1cccc(N)c1)C(C)CC(=O)O. The lowest BCUT2D eigenvalue weighted by Gasteiger charge is -2.27. The lowest BCUT2D eigenvalue weighted by molar-refractivity contribution is -0.138. The van der Waals surface area contributed by atoms with Crippen molar-refractivity contribution in [2.24, 2.45) is 0 Å². The van der Waals surface area contributed by atoms with Gasteiger partial charge in [-0.15, -0.1) is 0 Å². The van der Waals surface area contributed by atoms with Gasteiger partial charge in [0.2, 0.25) is 0 Å². The lowest BCUT2D eigenvalue weighted by Crippen LogP contribution is -2.39. The Balaban J connectivity index is 2.88. The van der Waals surface area contributed by atoms with Gasteiger partial charge in [0.25, 0.3) is 5.91 Å². The van der Waals surface area contributed by atoms with Gasteiger partial charge in [-0.25, -0.2) is 0 Å². The zero-order valence-corrected chi connectivity index (χ0v) is 10.6. The molecule has 1 rings (SSSR count). The molecule has 1 aromatic rings. The first-order chi connectivity index (χ1) is 8.45. The van der Waals surface area contributed by atoms with Crippen molar-refractivity contribution < 1.29 is 14.7 Å². The number of carbonyl (C=O) groups excluding carboxylic acids is 1. The van der Waals surface area contributed by atoms with E-state index in [1.165, 1.54) is 4.90 Å². The van der Waals surface area contributed by atoms with Crippen molar-refractivity contribution in [2.75, 3.05) is 12.3 Å². The van der Waals surface area contributed by atoms with Crippen LogP contribution < -0.4 is 5.73 Å². The van der Waals surface area contributed by atoms with Crippen LogP contribution in [0.5, 0.6) is 0 Å². The molecule has 0 spiro atoms. The number of hydrogen-bond donors (Lipinski definition) is 2. The smallest absolute Gasteiger partial charge is 0.305 e. The molecule has 0 bridgehead atoms. The van der Waals surface area contributed by atoms with E-state index in [0.717, 1.165) is 0 Å². The normalized spacial score (nSPS) is 11.9. The third-order valence-electron chi connectivity index (χ3n) is 2.74. The largest absolute Gasteiger partial charge is 0.481 e. The predicted molar refractivity (Wildman–Crippen MR) is 69.3 cm³/mol. The van der Waals surface area contributed by atoms with Crippen molar-refractivity contribution in [3.63, 3.8) is 0 Å². The number of carboxylic acid groups (broad SMARTS) is 1. The molecule has 1 amide bonds. The molecule has 0 aliphatic carbocycles. The standard InChI is InChI=1S/C13H18N2O3/c1-3-15(9(2)7-12(16)17)13(18)10-5-4-6-11(14)8-10/h4-6,8-9H,3,7,14H2,1-2H3,(H,16,17). The van der Waals surface area contributed by atoms with Gasteiger partial charge in [-0.3, -0.25) is 9.59 Å². The molecule has 98 valence electrons. The average molecular weight is 250 g/mol. The first kappa shape index (κ1) is 14.0. The summed E-state index contributed by atoms with van der Waals surface area (Å²) in [5.74, 6) is -1.11. The van der Waals surface area contributed by atoms with Gasteiger partial charge in [0.05, 0.1) is 6.42 Å². The number of carboxylic acids is 1. The van der Waals surface area contributed by atoms with Crippen molar-refractivity contribution in [1.82, 2.24) is 4.90 Å². The number of nitrogens with zero attached hydrogens (tertiary/aromatic N) is 1. The van der Waals surface area contributed by atoms with Gasteiger partial charge >= 0.3 is 5.97 Å². The highest BCUT2D eigenvalue weighted by molar-refractivity contribution is 5.95. The molecule has 0 fully saturated rings. The summed E-state index contributed by atoms with van der Waals surface area (Å²) in [5.41, 5.74) is 6.63. The fourth-order valence-electron chi connectivity index (χ4n) is 1.86. The number of aliphatic carboxylic acids is 1. The maximum atomic E-state index is 12.2. The molecular weight excluding hydrogens is 232 g/mol. The van der Waals surface area contributed by atoms with Crippen LogP contribution >= 0.6 is 0 Å². The van der Waals surface area contributed by atoms with E-state index >= 15 is 0 Å². The molecule has 18 heavy (non-hydrogen) atoms. The Morgan fingerprint density at radius 2 is 2.11 bits per heavy atom. The minimum Gasteiger partial charge on any atom is -0.481 e. The van der Waals surface area contributed by atoms with Crippen LogP contribution in [0.25, 0.3) is 0 Å². The summed E-state index contributed by atoms with van der Waals surface area (Å²) in [6, 6.07) is 6.33. The Labute approximate surface area is 106 Å². The predicted octanol–water partition coefficient (Wildman–Crippen LogP) is 1.59. The van der Waals surface area contributed by atoms with Crippen LogP contribution in [0, 0.1) is 0 Å². The van der Waals surface area contributed by atoms with E-state index in [9.17, 15) is 9.59 Å². The van der Waals surface area contributed by atoms with Crippen molar-refractivity contribution in [2.45, 2.75) is 26.3 Å². The molecule has 0 heterocycles. The summed E-state index contributed by atoms with van der Waals surface area (Å²) < 4.78 is 0. The highest BCUT2D eigenvalue weighted by Crippen LogP contribution is 2.13. The van der Waals surface area contributed by atoms with Crippen LogP contribution in [-0.2, 0) is 4.79 Å². The number of nitrogen functional groups attached to an aromatic ring is 1. The first-order valence-corrected chi connectivity index (χ1v) is 5.84. The highest BCUT2D eigenvalue weighted by atomic mass is 16.4. The Morgan fingerprint density at radius 1 is 1.44 bits per heavy atom. The van der Waals surface area contributed by atoms with E-state index in [0.29, 0.717) is 17.8 Å². The molecule has 1 atom stereocenters. The number of nitrogens with two attached hydrogens (primary N) is 1. The second kappa shape index (κ2) is 6.05. The van der Waals surface area contributed by atoms with Crippen molar-refractivity contribution in [3.8, 4) is 0 Å². The topological polar surface area (TPSA) is 83.6 Å². The summed E-state index contributed by atoms with van der Waals surface area (Å²) >= 11 is 0. The second-order valence-corrected chi connectivity index (χ2v) is 4.16. The lowest BCUT2D eigenvalue weighted by atomic mass is 10.1. The quantitative estimate of drug-likeness (QED) is 0.777. The molecule has 0 saturated carbocycles. The molecule has 0 saturated heterocycles. The molecule has 5 nitrogen and oxygen atoms in total. The van der Waals surface area contributed by atoms with Crippen LogP contribution in [0.1, 0.15) is 30.6 Å². The van der Waals surface area contributed by atoms with E-state index in [1.54, 1.807) is 31.2 Å². The first-order valence-electron chi connectivity index (χ1n) is 5.84. The van der Waals surface area contributed by atoms with E-state index in [4.69, 9.17) is 10.8 Å². The fraction of sp³-hybridized carbons (Fsp3) is 0.385. The molecule has 0 aliphatic rings. The van der Waals surface area contributed by atoms with Crippen LogP contribution in [-0.4, -0.2) is 34.5 Å². The summed E-state index contributed by atoms with van der Waals surface area (Å²) in [4.78, 5) is 24.4. The molecular formula is C13H18N2O3. The molecule has 0 aromatic heterocycles. The molecule has 0 aliphatic heterocycles. The summed E-state index contributed by atoms with van der Waals surface area (Å²) in [6.45, 7) is 4.01. The summed E-state index contributed by atoms with van der Waals surface area (Å²) in [7, 11) is 0. The molecule has 5 heteroatoms. The van der Waals surface area contributed by atoms with Gasteiger partial charge in [-0.2, -0.15) is 0 Å². The van der Waals surface area contributed by atoms with Gasteiger partial charge in [0.1, 0.15) is 0 Å². The minimum absolute atomic E-state index is 0.0676. The number of carbonyl (C=O) groups is 2. The van der Waals surface area contributed by atoms with Gasteiger partial charge in [0.15, 0.2) is 0 Å². The highest BCUT2D eigenvalue weighted by Gasteiger charge is 2.21. The Hall–Kier alpha value is -2.04. The number of hydrogen-bond acceptors (Lipinski definition) is 3. The second-order valence-electron chi connectivity index (χ2n) is 4.16. The van der Waals surface area contributed by atoms with Crippen molar-refractivity contribution >= 4 is 17.6 Å². The number of amides is 1. The third-order valence-corrected chi connectivity index (χ3v) is 2.74. The molecule has 1 aromatic carbocycles. The van der Waals surface area contributed by atoms with Crippen molar-refractivity contribution in [3.05, 3.63) is 29.8 Å². The van der Waals surface area contributed by atoms with E-state index in [1.807, 2.05) is 6.92 Å². The van der Waals surface area contributed by atoms with Crippen molar-refractivity contribution in [1.29, 1.82) is 0 Å². The van der Waals surface area contributed by atoms with Crippen LogP contribution in [0.15, 0.2) is 24.3 Å². The average Bonchev–Trinajstić information content (AvgIpc) is 2.28. The Kier molecular flexibility index (Phi) is 4.71. The van der Waals surface area contributed by atoms with Gasteiger partial charge in [-0.05, 0) is 32.0 Å². The maximum Gasteiger partial charge on any atom is 0.305 e. The summed E-state index contributed by atoms with van der Waals surface area (Å²) in [5, 5.41) is 8.77. The van der Waals surface area contributed by atoms with Gasteiger partial charge in [-0.1, -0.05) is 6.07 Å². The van der Waals surface area contributed by atoms with Gasteiger partial charge < -0.3 is 15.7 Å². The Bertz CT molecular complexity index is 446. The number of benzene rings is 1. The van der Waals surface area contributed by atoms with E-state index in [2.05, 4.69) is 0 Å². The van der Waals surface area contributed by atoms with Crippen LogP contribution in [0.4, 0.5) is 5.69 Å². The van der Waals surface area contributed by atoms with Crippen LogP contribution in [0.2, 0.25) is 0 Å². The monoisotopic (exact) mass is 250 g/mol. The third kappa shape index (κ3) is 3.48. The fourth-order valence-corrected chi connectivity index (χ4v) is 1.86. The van der Waals surface area contributed by atoms with Gasteiger partial charge in [0, 0.05) is 23.8 Å². The molecule has 0 radical (unpaired) electrons. The molecule has 1 unspecified atom stereocenters. The molecule has 3 N–H and O–H groups in total. The summed E-state index contributed by atoms with van der Waals surface area (Å²) in [6.07, 6.45) is -0.0676. The van der Waals surface area contributed by atoms with Crippen LogP contribution in [0.3, 0.4) is 0 Å². The zero-order valence-electron chi connectivity index (χ0n) is 10.6. The number of rotatable bonds is 5. The maximum absolute atomic E-state index is 12.2.